The maximum absolute atomic E-state index is 12.8. The van der Waals surface area contributed by atoms with Crippen molar-refractivity contribution in [3.05, 3.63) is 66.0 Å². The highest BCUT2D eigenvalue weighted by atomic mass is 31.2. The Labute approximate surface area is 230 Å². The van der Waals surface area contributed by atoms with Gasteiger partial charge in [-0.1, -0.05) is 12.1 Å². The number of carbonyl (C=O) groups is 2. The fraction of sp³-hybridized carbons (Fsp3) is 0.308. The second kappa shape index (κ2) is 12.8. The van der Waals surface area contributed by atoms with Gasteiger partial charge in [-0.2, -0.15) is 5.10 Å². The third-order valence-electron chi connectivity index (χ3n) is 5.77. The molecule has 0 aliphatic rings. The zero-order valence-corrected chi connectivity index (χ0v) is 23.3. The van der Waals surface area contributed by atoms with Crippen LogP contribution in [0.25, 0.3) is 11.0 Å². The van der Waals surface area contributed by atoms with E-state index in [2.05, 4.69) is 15.4 Å². The van der Waals surface area contributed by atoms with Gasteiger partial charge in [0.05, 0.1) is 25.8 Å². The molecular weight excluding hydrogens is 539 g/mol. The Kier molecular flexibility index (Phi) is 9.20. The summed E-state index contributed by atoms with van der Waals surface area (Å²) in [7, 11) is -2.23. The number of amides is 2. The van der Waals surface area contributed by atoms with Crippen molar-refractivity contribution in [3.8, 4) is 11.5 Å². The molecule has 212 valence electrons. The average Bonchev–Trinajstić information content (AvgIpc) is 3.55. The number of imidazole rings is 1. The van der Waals surface area contributed by atoms with E-state index in [0.717, 1.165) is 5.56 Å². The van der Waals surface area contributed by atoms with Crippen molar-refractivity contribution in [2.45, 2.75) is 33.4 Å². The number of aromatic nitrogens is 4. The van der Waals surface area contributed by atoms with Gasteiger partial charge in [0.15, 0.2) is 0 Å². The SMILES string of the molecule is CCOP(=O)(OCC)Oc1ccc(CCn2c(NC(=O)Cn3cccn3)nc3cc(C(N)=O)cc(OC)c32)cc1. The van der Waals surface area contributed by atoms with Crippen LogP contribution in [0, 0.1) is 0 Å². The predicted octanol–water partition coefficient (Wildman–Crippen LogP) is 3.78. The van der Waals surface area contributed by atoms with Crippen molar-refractivity contribution in [1.82, 2.24) is 19.3 Å². The number of nitrogens with two attached hydrogens (primary N) is 1. The van der Waals surface area contributed by atoms with Crippen molar-refractivity contribution in [3.63, 3.8) is 0 Å². The Hall–Kier alpha value is -4.19. The Balaban J connectivity index is 1.60. The molecule has 0 saturated heterocycles. The molecule has 2 aromatic heterocycles. The topological polar surface area (TPSA) is 162 Å². The molecule has 2 aromatic carbocycles. The van der Waals surface area contributed by atoms with Gasteiger partial charge in [-0.25, -0.2) is 9.55 Å². The van der Waals surface area contributed by atoms with E-state index >= 15 is 0 Å². The summed E-state index contributed by atoms with van der Waals surface area (Å²) < 4.78 is 37.4. The van der Waals surface area contributed by atoms with Gasteiger partial charge in [0, 0.05) is 24.5 Å². The van der Waals surface area contributed by atoms with Gasteiger partial charge in [0.2, 0.25) is 17.8 Å². The summed E-state index contributed by atoms with van der Waals surface area (Å²) in [5.41, 5.74) is 7.69. The highest BCUT2D eigenvalue weighted by Gasteiger charge is 2.27. The van der Waals surface area contributed by atoms with Crippen LogP contribution >= 0.6 is 7.82 Å². The van der Waals surface area contributed by atoms with Crippen LogP contribution in [0.5, 0.6) is 11.5 Å². The van der Waals surface area contributed by atoms with Gasteiger partial charge in [0.25, 0.3) is 0 Å². The van der Waals surface area contributed by atoms with Gasteiger partial charge in [-0.3, -0.25) is 28.6 Å². The molecule has 0 saturated carbocycles. The first-order chi connectivity index (χ1) is 19.2. The van der Waals surface area contributed by atoms with E-state index in [1.165, 1.54) is 11.8 Å². The van der Waals surface area contributed by atoms with Crippen LogP contribution in [0.3, 0.4) is 0 Å². The molecule has 4 aromatic rings. The van der Waals surface area contributed by atoms with Crippen LogP contribution in [0.1, 0.15) is 29.8 Å². The first-order valence-electron chi connectivity index (χ1n) is 12.6. The third-order valence-corrected chi connectivity index (χ3v) is 7.35. The number of hydrogen-bond donors (Lipinski definition) is 2. The summed E-state index contributed by atoms with van der Waals surface area (Å²) >= 11 is 0. The standard InChI is InChI=1S/C26H31N6O7P/c1-4-37-40(35,38-5-2)39-20-9-7-18(8-10-20)11-14-32-24-21(15-19(25(27)34)16-22(24)36-3)29-26(32)30-23(33)17-31-13-6-12-28-31/h6-10,12-13,15-16H,4-5,11,14,17H2,1-3H3,(H2,27,34)(H,29,30,33). The highest BCUT2D eigenvalue weighted by Crippen LogP contribution is 2.49. The van der Waals surface area contributed by atoms with E-state index in [1.807, 2.05) is 16.7 Å². The Morgan fingerprint density at radius 3 is 2.42 bits per heavy atom. The average molecular weight is 571 g/mol. The molecule has 13 nitrogen and oxygen atoms in total. The number of primary amides is 1. The molecule has 0 unspecified atom stereocenters. The largest absolute Gasteiger partial charge is 0.530 e. The number of hydrogen-bond acceptors (Lipinski definition) is 9. The van der Waals surface area contributed by atoms with Crippen molar-refractivity contribution in [2.75, 3.05) is 25.6 Å². The number of benzene rings is 2. The quantitative estimate of drug-likeness (QED) is 0.215. The van der Waals surface area contributed by atoms with Crippen LogP contribution < -0.4 is 20.3 Å². The molecule has 0 spiro atoms. The van der Waals surface area contributed by atoms with Gasteiger partial charge >= 0.3 is 7.82 Å². The van der Waals surface area contributed by atoms with Crippen molar-refractivity contribution < 1.29 is 32.5 Å². The van der Waals surface area contributed by atoms with E-state index in [1.54, 1.807) is 56.6 Å². The lowest BCUT2D eigenvalue weighted by atomic mass is 10.1. The lowest BCUT2D eigenvalue weighted by molar-refractivity contribution is -0.117. The summed E-state index contributed by atoms with van der Waals surface area (Å²) in [5.74, 6) is 0.0526. The number of fused-ring (bicyclic) bond motifs is 1. The van der Waals surface area contributed by atoms with Gasteiger partial charge in [-0.15, -0.1) is 0 Å². The Morgan fingerprint density at radius 2 is 1.82 bits per heavy atom. The summed E-state index contributed by atoms with van der Waals surface area (Å²) in [6, 6.07) is 11.8. The van der Waals surface area contributed by atoms with Gasteiger partial charge in [0.1, 0.15) is 23.6 Å². The fourth-order valence-corrected chi connectivity index (χ4v) is 5.23. The number of nitrogens with one attached hydrogen (secondary N) is 1. The van der Waals surface area contributed by atoms with Crippen LogP contribution in [0.15, 0.2) is 54.9 Å². The van der Waals surface area contributed by atoms with Crippen molar-refractivity contribution in [2.24, 2.45) is 5.73 Å². The minimum absolute atomic E-state index is 0.00527. The number of rotatable bonds is 14. The number of methoxy groups -OCH3 is 1. The van der Waals surface area contributed by atoms with Crippen LogP contribution in [0.2, 0.25) is 0 Å². The van der Waals surface area contributed by atoms with Crippen LogP contribution in [0.4, 0.5) is 5.95 Å². The van der Waals surface area contributed by atoms with Crippen molar-refractivity contribution >= 4 is 36.6 Å². The van der Waals surface area contributed by atoms with Crippen LogP contribution in [-0.2, 0) is 37.9 Å². The maximum atomic E-state index is 12.8. The Bertz CT molecular complexity index is 1510. The number of carbonyl (C=O) groups excluding carboxylic acids is 2. The number of ether oxygens (including phenoxy) is 1. The predicted molar refractivity (Wildman–Crippen MR) is 147 cm³/mol. The first-order valence-corrected chi connectivity index (χ1v) is 14.0. The van der Waals surface area contributed by atoms with E-state index in [0.29, 0.717) is 35.5 Å². The molecule has 0 atom stereocenters. The zero-order chi connectivity index (χ0) is 28.7. The molecule has 0 fully saturated rings. The van der Waals surface area contributed by atoms with E-state index < -0.39 is 13.7 Å². The first kappa shape index (κ1) is 28.8. The minimum atomic E-state index is -3.71. The summed E-state index contributed by atoms with van der Waals surface area (Å²) in [6.45, 7) is 4.16. The molecule has 4 rings (SSSR count). The summed E-state index contributed by atoms with van der Waals surface area (Å²) in [6.07, 6.45) is 3.80. The second-order valence-electron chi connectivity index (χ2n) is 8.52. The molecule has 0 radical (unpaired) electrons. The number of phosphoric acid groups is 1. The Morgan fingerprint density at radius 1 is 1.10 bits per heavy atom. The highest BCUT2D eigenvalue weighted by molar-refractivity contribution is 7.48. The molecular formula is C26H31N6O7P. The number of nitrogens with zero attached hydrogens (tertiary/aromatic N) is 4. The lowest BCUT2D eigenvalue weighted by Gasteiger charge is -2.17. The van der Waals surface area contributed by atoms with Crippen LogP contribution in [-0.4, -0.2) is 51.5 Å². The summed E-state index contributed by atoms with van der Waals surface area (Å²) in [4.78, 5) is 29.2. The number of aryl methyl sites for hydroxylation is 2. The summed E-state index contributed by atoms with van der Waals surface area (Å²) in [5, 5.41) is 6.90. The van der Waals surface area contributed by atoms with Gasteiger partial charge in [-0.05, 0) is 56.2 Å². The minimum Gasteiger partial charge on any atom is -0.494 e. The molecule has 0 aliphatic carbocycles. The normalized spacial score (nSPS) is 11.5. The van der Waals surface area contributed by atoms with Crippen molar-refractivity contribution in [1.29, 1.82) is 0 Å². The zero-order valence-electron chi connectivity index (χ0n) is 22.4. The van der Waals surface area contributed by atoms with E-state index in [-0.39, 0.29) is 37.2 Å². The smallest absolute Gasteiger partial charge is 0.494 e. The van der Waals surface area contributed by atoms with E-state index in [4.69, 9.17) is 24.0 Å². The maximum Gasteiger partial charge on any atom is 0.530 e. The molecule has 2 heterocycles. The number of anilines is 1. The molecule has 3 N–H and O–H groups in total. The monoisotopic (exact) mass is 570 g/mol. The second-order valence-corrected chi connectivity index (χ2v) is 10.1. The van der Waals surface area contributed by atoms with Gasteiger partial charge < -0.3 is 19.6 Å². The molecule has 0 bridgehead atoms. The number of phosphoric ester groups is 1. The molecule has 0 aliphatic heterocycles. The molecule has 2 amide bonds. The third kappa shape index (κ3) is 6.87. The molecule has 40 heavy (non-hydrogen) atoms. The van der Waals surface area contributed by atoms with E-state index in [9.17, 15) is 14.2 Å². The lowest BCUT2D eigenvalue weighted by Crippen LogP contribution is -2.21. The fourth-order valence-electron chi connectivity index (χ4n) is 4.04. The molecule has 14 heteroatoms.